The predicted molar refractivity (Wildman–Crippen MR) is 119 cm³/mol. The maximum Gasteiger partial charge on any atom is 0.328 e. The minimum atomic E-state index is -1.30. The molecule has 166 valence electrons. The number of methoxy groups -OCH3 is 1. The molecule has 2 amide bonds. The highest BCUT2D eigenvalue weighted by Gasteiger charge is 2.23. The summed E-state index contributed by atoms with van der Waals surface area (Å²) in [6.07, 6.45) is 0.0899. The lowest BCUT2D eigenvalue weighted by Crippen LogP contribution is -2.42. The summed E-state index contributed by atoms with van der Waals surface area (Å²) in [5, 5.41) is 5.43. The van der Waals surface area contributed by atoms with E-state index in [2.05, 4.69) is 10.6 Å². The van der Waals surface area contributed by atoms with Crippen molar-refractivity contribution in [2.75, 3.05) is 12.9 Å². The van der Waals surface area contributed by atoms with E-state index < -0.39 is 28.7 Å². The highest BCUT2D eigenvalue weighted by Crippen LogP contribution is 2.12. The molecule has 2 aromatic carbocycles. The van der Waals surface area contributed by atoms with Gasteiger partial charge in [-0.3, -0.25) is 13.8 Å². The topological polar surface area (TPSA) is 102 Å². The Labute approximate surface area is 185 Å². The first-order chi connectivity index (χ1) is 14.9. The van der Waals surface area contributed by atoms with Gasteiger partial charge >= 0.3 is 5.97 Å². The summed E-state index contributed by atoms with van der Waals surface area (Å²) in [7, 11) is -0.0664. The van der Waals surface area contributed by atoms with Gasteiger partial charge in [0.1, 0.15) is 6.04 Å². The van der Waals surface area contributed by atoms with Crippen molar-refractivity contribution in [2.24, 2.45) is 0 Å². The number of hydrogen-bond acceptors (Lipinski definition) is 5. The Kier molecular flexibility index (Phi) is 9.90. The van der Waals surface area contributed by atoms with Crippen LogP contribution in [-0.4, -0.2) is 40.9 Å². The molecule has 0 unspecified atom stereocenters. The van der Waals surface area contributed by atoms with Crippen LogP contribution < -0.4 is 10.6 Å². The van der Waals surface area contributed by atoms with Gasteiger partial charge in [-0.1, -0.05) is 48.5 Å². The molecule has 0 saturated heterocycles. The van der Waals surface area contributed by atoms with Gasteiger partial charge in [0, 0.05) is 23.5 Å². The van der Waals surface area contributed by atoms with Crippen LogP contribution in [0.1, 0.15) is 37.8 Å². The van der Waals surface area contributed by atoms with Crippen molar-refractivity contribution in [3.63, 3.8) is 0 Å². The Bertz CT molecular complexity index is 889. The fraction of sp³-hybridized carbons (Fsp3) is 0.348. The molecule has 0 bridgehead atoms. The number of carbonyl (C=O) groups is 3. The van der Waals surface area contributed by atoms with Gasteiger partial charge in [-0.25, -0.2) is 4.79 Å². The zero-order chi connectivity index (χ0) is 22.6. The third-order valence-electron chi connectivity index (χ3n) is 4.68. The van der Waals surface area contributed by atoms with E-state index in [1.165, 1.54) is 7.11 Å². The Morgan fingerprint density at radius 3 is 2.03 bits per heavy atom. The van der Waals surface area contributed by atoms with Crippen LogP contribution in [0, 0.1) is 0 Å². The third-order valence-corrected chi connectivity index (χ3v) is 6.08. The van der Waals surface area contributed by atoms with E-state index in [1.54, 1.807) is 24.3 Å². The number of carbonyl (C=O) groups excluding carboxylic acids is 3. The fourth-order valence-corrected chi connectivity index (χ4v) is 4.08. The van der Waals surface area contributed by atoms with Crippen molar-refractivity contribution in [1.82, 2.24) is 10.6 Å². The van der Waals surface area contributed by atoms with Crippen LogP contribution in [-0.2, 0) is 29.9 Å². The Morgan fingerprint density at radius 1 is 0.903 bits per heavy atom. The molecule has 0 aliphatic rings. The first-order valence-electron chi connectivity index (χ1n) is 10.1. The zero-order valence-electron chi connectivity index (χ0n) is 17.7. The van der Waals surface area contributed by atoms with Gasteiger partial charge in [-0.15, -0.1) is 0 Å². The summed E-state index contributed by atoms with van der Waals surface area (Å²) >= 11 is 0. The van der Waals surface area contributed by atoms with Crippen molar-refractivity contribution >= 4 is 28.6 Å². The fourth-order valence-electron chi connectivity index (χ4n) is 2.94. The third kappa shape index (κ3) is 8.33. The Morgan fingerprint density at radius 2 is 1.45 bits per heavy atom. The minimum absolute atomic E-state index is 0.00710. The quantitative estimate of drug-likeness (QED) is 0.519. The number of rotatable bonds is 11. The number of amides is 2. The number of nitrogens with one attached hydrogen (secondary N) is 2. The van der Waals surface area contributed by atoms with E-state index in [0.29, 0.717) is 4.90 Å². The molecular formula is C23H28N2O5S. The second-order valence-electron chi connectivity index (χ2n) is 6.99. The molecule has 7 nitrogen and oxygen atoms in total. The number of esters is 1. The molecule has 2 aromatic rings. The Hall–Kier alpha value is -3.00. The van der Waals surface area contributed by atoms with E-state index in [-0.39, 0.29) is 37.0 Å². The standard InChI is InChI=1S/C23H28N2O5S/c1-17(18-9-5-3-6-10-18)24-21(26)13-14-22(27)25-20(23(28)30-2)15-16-31(29)19-11-7-4-8-12-19/h3-12,17,20H,13-16H2,1-2H3,(H,24,26)(H,25,27)/t17-,20+,31-/m1/s1. The molecule has 8 heteroatoms. The molecule has 0 aliphatic carbocycles. The summed E-state index contributed by atoms with van der Waals surface area (Å²) < 4.78 is 17.1. The lowest BCUT2D eigenvalue weighted by Gasteiger charge is -2.17. The average Bonchev–Trinajstić information content (AvgIpc) is 2.80. The van der Waals surface area contributed by atoms with Crippen molar-refractivity contribution in [3.8, 4) is 0 Å². The van der Waals surface area contributed by atoms with Gasteiger partial charge in [-0.05, 0) is 31.0 Å². The molecule has 0 fully saturated rings. The van der Waals surface area contributed by atoms with Crippen molar-refractivity contribution in [1.29, 1.82) is 0 Å². The molecule has 0 heterocycles. The molecule has 0 aliphatic heterocycles. The number of benzene rings is 2. The molecule has 0 radical (unpaired) electrons. The first kappa shape index (κ1) is 24.3. The SMILES string of the molecule is COC(=O)[C@H](CC[S@@](=O)c1ccccc1)NC(=O)CCC(=O)N[C@H](C)c1ccccc1. The van der Waals surface area contributed by atoms with Gasteiger partial charge in [0.05, 0.1) is 24.0 Å². The summed E-state index contributed by atoms with van der Waals surface area (Å²) in [4.78, 5) is 37.1. The largest absolute Gasteiger partial charge is 0.467 e. The summed E-state index contributed by atoms with van der Waals surface area (Å²) in [6.45, 7) is 1.87. The Balaban J connectivity index is 1.81. The van der Waals surface area contributed by atoms with Crippen LogP contribution in [0.5, 0.6) is 0 Å². The van der Waals surface area contributed by atoms with E-state index in [1.807, 2.05) is 43.3 Å². The summed E-state index contributed by atoms with van der Waals surface area (Å²) in [5.74, 6) is -1.12. The lowest BCUT2D eigenvalue weighted by atomic mass is 10.1. The van der Waals surface area contributed by atoms with Crippen LogP contribution in [0.2, 0.25) is 0 Å². The molecule has 0 aromatic heterocycles. The van der Waals surface area contributed by atoms with Gasteiger partial charge in [0.2, 0.25) is 11.8 Å². The second-order valence-corrected chi connectivity index (χ2v) is 8.57. The normalized spacial score (nSPS) is 13.5. The van der Waals surface area contributed by atoms with E-state index in [4.69, 9.17) is 4.74 Å². The number of hydrogen-bond donors (Lipinski definition) is 2. The van der Waals surface area contributed by atoms with E-state index >= 15 is 0 Å². The van der Waals surface area contributed by atoms with Crippen molar-refractivity contribution in [3.05, 3.63) is 66.2 Å². The minimum Gasteiger partial charge on any atom is -0.467 e. The van der Waals surface area contributed by atoms with E-state index in [9.17, 15) is 18.6 Å². The first-order valence-corrected chi connectivity index (χ1v) is 11.4. The smallest absolute Gasteiger partial charge is 0.328 e. The molecular weight excluding hydrogens is 416 g/mol. The average molecular weight is 445 g/mol. The molecule has 31 heavy (non-hydrogen) atoms. The zero-order valence-corrected chi connectivity index (χ0v) is 18.5. The van der Waals surface area contributed by atoms with Gasteiger partial charge in [0.25, 0.3) is 0 Å². The maximum absolute atomic E-state index is 12.4. The number of ether oxygens (including phenoxy) is 1. The van der Waals surface area contributed by atoms with Crippen LogP contribution in [0.4, 0.5) is 0 Å². The maximum atomic E-state index is 12.4. The highest BCUT2D eigenvalue weighted by molar-refractivity contribution is 7.85. The molecule has 0 spiro atoms. The second kappa shape index (κ2) is 12.6. The van der Waals surface area contributed by atoms with Crippen LogP contribution >= 0.6 is 0 Å². The summed E-state index contributed by atoms with van der Waals surface area (Å²) in [6, 6.07) is 17.3. The van der Waals surface area contributed by atoms with Crippen LogP contribution in [0.3, 0.4) is 0 Å². The van der Waals surface area contributed by atoms with Gasteiger partial charge in [0.15, 0.2) is 0 Å². The van der Waals surface area contributed by atoms with Crippen LogP contribution in [0.25, 0.3) is 0 Å². The monoisotopic (exact) mass is 444 g/mol. The van der Waals surface area contributed by atoms with Crippen molar-refractivity contribution in [2.45, 2.75) is 43.2 Å². The highest BCUT2D eigenvalue weighted by atomic mass is 32.2. The van der Waals surface area contributed by atoms with Gasteiger partial charge < -0.3 is 15.4 Å². The van der Waals surface area contributed by atoms with Gasteiger partial charge in [-0.2, -0.15) is 0 Å². The molecule has 2 N–H and O–H groups in total. The van der Waals surface area contributed by atoms with E-state index in [0.717, 1.165) is 5.56 Å². The molecule has 3 atom stereocenters. The molecule has 2 rings (SSSR count). The lowest BCUT2D eigenvalue weighted by molar-refractivity contribution is -0.145. The van der Waals surface area contributed by atoms with Crippen molar-refractivity contribution < 1.29 is 23.3 Å². The predicted octanol–water partition coefficient (Wildman–Crippen LogP) is 2.50. The summed E-state index contributed by atoms with van der Waals surface area (Å²) in [5.41, 5.74) is 0.970. The van der Waals surface area contributed by atoms with Crippen LogP contribution in [0.15, 0.2) is 65.6 Å². The molecule has 0 saturated carbocycles.